The first-order chi connectivity index (χ1) is 21.3. The van der Waals surface area contributed by atoms with Crippen molar-refractivity contribution in [2.45, 2.75) is 71.6 Å². The molecule has 0 N–H and O–H groups in total. The van der Waals surface area contributed by atoms with E-state index in [-0.39, 0.29) is 31.9 Å². The van der Waals surface area contributed by atoms with Gasteiger partial charge in [0.25, 0.3) is 0 Å². The summed E-state index contributed by atoms with van der Waals surface area (Å²) in [6.45, 7) is 17.8. The molecule has 0 spiro atoms. The summed E-state index contributed by atoms with van der Waals surface area (Å²) in [7, 11) is 0. The molecule has 0 amide bonds. The van der Waals surface area contributed by atoms with E-state index in [1.807, 2.05) is 33.6 Å². The molecule has 0 aliphatic carbocycles. The van der Waals surface area contributed by atoms with Crippen LogP contribution in [0.2, 0.25) is 0 Å². The quantitative estimate of drug-likeness (QED) is 0.158. The molecule has 46 heavy (non-hydrogen) atoms. The van der Waals surface area contributed by atoms with Gasteiger partial charge in [0, 0.05) is 11.1 Å². The molecule has 6 rings (SSSR count). The molecular weight excluding hydrogens is 744 g/mol. The van der Waals surface area contributed by atoms with Gasteiger partial charge in [-0.2, -0.15) is 57.7 Å². The molecule has 0 aliphatic heterocycles. The average Bonchev–Trinajstić information content (AvgIpc) is 3.68. The van der Waals surface area contributed by atoms with Crippen LogP contribution in [-0.2, 0) is 37.3 Å². The molecule has 2 aromatic heterocycles. The Kier molecular flexibility index (Phi) is 9.17. The molecule has 0 saturated heterocycles. The van der Waals surface area contributed by atoms with E-state index in [0.717, 1.165) is 45.3 Å². The van der Waals surface area contributed by atoms with Crippen molar-refractivity contribution in [2.24, 2.45) is 0 Å². The molecule has 0 fully saturated rings. The summed E-state index contributed by atoms with van der Waals surface area (Å²) in [6, 6.07) is 45.0. The van der Waals surface area contributed by atoms with Crippen molar-refractivity contribution >= 4 is 0 Å². The molecule has 0 aliphatic rings. The van der Waals surface area contributed by atoms with Gasteiger partial charge < -0.3 is 0 Å². The van der Waals surface area contributed by atoms with Crippen LogP contribution in [0.1, 0.15) is 77.9 Å². The standard InChI is InChI=1S/C41H42N4.Pt/c1-39(2,3)31-21-15-23-33(25-31)44-35(29-17-11-9-12-18-29)27-37(42-44)41(7,8)38-28-36(30-19-13-10-14-20-30)45(43-38)34-24-16-22-32(26-34)40(4,5)6;/h9-22,25-28H,1-8H3;/q-2;+2. The van der Waals surface area contributed by atoms with E-state index in [4.69, 9.17) is 10.2 Å². The smallest absolute Gasteiger partial charge is 0.257 e. The van der Waals surface area contributed by atoms with Gasteiger partial charge >= 0.3 is 21.1 Å². The van der Waals surface area contributed by atoms with Crippen LogP contribution < -0.4 is 0 Å². The van der Waals surface area contributed by atoms with Crippen LogP contribution in [0.3, 0.4) is 0 Å². The van der Waals surface area contributed by atoms with Crippen LogP contribution in [0.15, 0.2) is 109 Å². The fourth-order valence-electron chi connectivity index (χ4n) is 5.59. The Labute approximate surface area is 288 Å². The molecular formula is C41H42N4Pt. The fourth-order valence-corrected chi connectivity index (χ4v) is 5.59. The number of aromatic nitrogens is 4. The van der Waals surface area contributed by atoms with Gasteiger partial charge in [-0.15, -0.1) is 12.1 Å². The first-order valence-electron chi connectivity index (χ1n) is 15.7. The summed E-state index contributed by atoms with van der Waals surface area (Å²) >= 11 is 0. The van der Waals surface area contributed by atoms with Gasteiger partial charge in [0.1, 0.15) is 0 Å². The predicted molar refractivity (Wildman–Crippen MR) is 185 cm³/mol. The van der Waals surface area contributed by atoms with Crippen molar-refractivity contribution in [3.63, 3.8) is 0 Å². The van der Waals surface area contributed by atoms with Gasteiger partial charge in [0.15, 0.2) is 0 Å². The molecule has 4 aromatic carbocycles. The second-order valence-electron chi connectivity index (χ2n) is 14.4. The first-order valence-corrected chi connectivity index (χ1v) is 15.7. The van der Waals surface area contributed by atoms with Crippen molar-refractivity contribution in [3.05, 3.63) is 144 Å². The van der Waals surface area contributed by atoms with Crippen LogP contribution in [0.4, 0.5) is 0 Å². The minimum atomic E-state index is -0.507. The van der Waals surface area contributed by atoms with Gasteiger partial charge in [-0.1, -0.05) is 102 Å². The van der Waals surface area contributed by atoms with Crippen LogP contribution in [0, 0.1) is 12.1 Å². The van der Waals surface area contributed by atoms with Crippen molar-refractivity contribution in [2.75, 3.05) is 0 Å². The van der Waals surface area contributed by atoms with Crippen LogP contribution in [0.25, 0.3) is 33.9 Å². The number of hydrogen-bond acceptors (Lipinski definition) is 2. The zero-order chi connectivity index (χ0) is 32.0. The summed E-state index contributed by atoms with van der Waals surface area (Å²) in [6.07, 6.45) is 0. The van der Waals surface area contributed by atoms with Crippen molar-refractivity contribution in [3.8, 4) is 33.9 Å². The summed E-state index contributed by atoms with van der Waals surface area (Å²) in [5, 5.41) is 10.6. The van der Waals surface area contributed by atoms with Gasteiger partial charge in [-0.05, 0) is 48.2 Å². The van der Waals surface area contributed by atoms with E-state index in [1.165, 1.54) is 11.1 Å². The average molecular weight is 786 g/mol. The minimum Gasteiger partial charge on any atom is -0.257 e. The summed E-state index contributed by atoms with van der Waals surface area (Å²) in [4.78, 5) is 0. The zero-order valence-electron chi connectivity index (χ0n) is 28.0. The Balaban J connectivity index is 0.00000417. The van der Waals surface area contributed by atoms with Crippen molar-refractivity contribution in [1.29, 1.82) is 0 Å². The van der Waals surface area contributed by atoms with Gasteiger partial charge in [0.05, 0.1) is 28.2 Å². The van der Waals surface area contributed by atoms with Crippen molar-refractivity contribution < 1.29 is 21.1 Å². The van der Waals surface area contributed by atoms with E-state index in [9.17, 15) is 0 Å². The van der Waals surface area contributed by atoms with Crippen LogP contribution in [-0.4, -0.2) is 19.6 Å². The van der Waals surface area contributed by atoms with E-state index in [0.29, 0.717) is 0 Å². The van der Waals surface area contributed by atoms with E-state index in [1.54, 1.807) is 0 Å². The maximum absolute atomic E-state index is 5.29. The Bertz CT molecular complexity index is 1790. The van der Waals surface area contributed by atoms with E-state index < -0.39 is 5.41 Å². The third-order valence-corrected chi connectivity index (χ3v) is 8.60. The first kappa shape index (κ1) is 33.4. The summed E-state index contributed by atoms with van der Waals surface area (Å²) in [5.74, 6) is 0. The summed E-state index contributed by atoms with van der Waals surface area (Å²) < 4.78 is 4.08. The van der Waals surface area contributed by atoms with Gasteiger partial charge in [-0.25, -0.2) is 0 Å². The second kappa shape index (κ2) is 12.6. The monoisotopic (exact) mass is 785 g/mol. The van der Waals surface area contributed by atoms with Crippen LogP contribution >= 0.6 is 0 Å². The molecule has 6 aromatic rings. The number of rotatable bonds is 6. The topological polar surface area (TPSA) is 35.6 Å². The molecule has 0 unspecified atom stereocenters. The number of nitrogens with zero attached hydrogens (tertiary/aromatic N) is 4. The maximum Gasteiger partial charge on any atom is 2.00 e. The molecule has 2 heterocycles. The fraction of sp³-hybridized carbons (Fsp3) is 0.268. The minimum absolute atomic E-state index is 0. The van der Waals surface area contributed by atoms with E-state index in [2.05, 4.69) is 152 Å². The molecule has 0 atom stereocenters. The van der Waals surface area contributed by atoms with Gasteiger partial charge in [0.2, 0.25) is 0 Å². The normalized spacial score (nSPS) is 12.2. The third-order valence-electron chi connectivity index (χ3n) is 8.60. The van der Waals surface area contributed by atoms with Crippen LogP contribution in [0.5, 0.6) is 0 Å². The third kappa shape index (κ3) is 6.60. The van der Waals surface area contributed by atoms with E-state index >= 15 is 0 Å². The Morgan fingerprint density at radius 1 is 0.500 bits per heavy atom. The molecule has 0 saturated carbocycles. The zero-order valence-corrected chi connectivity index (χ0v) is 30.3. The molecule has 5 heteroatoms. The molecule has 0 bridgehead atoms. The SMILES string of the molecule is CC(C)(C)c1cc[c-]c(-n2nc(C(C)(C)c3cc(-c4ccccc4)n(-c4[c-]ccc(C(C)(C)C)c4)n3)cc2-c2ccccc2)c1.[Pt+2]. The Morgan fingerprint density at radius 3 is 1.22 bits per heavy atom. The predicted octanol–water partition coefficient (Wildman–Crippen LogP) is 9.91. The molecule has 0 radical (unpaired) electrons. The largest absolute Gasteiger partial charge is 2.00 e. The molecule has 4 nitrogen and oxygen atoms in total. The Hall–Kier alpha value is -4.01. The second-order valence-corrected chi connectivity index (χ2v) is 14.4. The number of hydrogen-bond donors (Lipinski definition) is 0. The Morgan fingerprint density at radius 2 is 0.870 bits per heavy atom. The maximum atomic E-state index is 5.29. The summed E-state index contributed by atoms with van der Waals surface area (Å²) in [5.41, 5.74) is 9.97. The number of benzene rings is 4. The molecule has 236 valence electrons. The van der Waals surface area contributed by atoms with Gasteiger partial charge in [-0.3, -0.25) is 9.36 Å². The van der Waals surface area contributed by atoms with Crippen molar-refractivity contribution in [1.82, 2.24) is 19.6 Å².